The maximum Gasteiger partial charge on any atom is 0.0923 e. The number of benzene rings is 1. The lowest BCUT2D eigenvalue weighted by Gasteiger charge is -1.95. The molecule has 0 bridgehead atoms. The van der Waals surface area contributed by atoms with Gasteiger partial charge in [-0.15, -0.1) is 0 Å². The molecule has 0 N–H and O–H groups in total. The zero-order chi connectivity index (χ0) is 8.67. The Kier molecular flexibility index (Phi) is 1.42. The molecule has 2 aromatic rings. The van der Waals surface area contributed by atoms with Crippen molar-refractivity contribution in [2.45, 2.75) is 19.4 Å². The molecule has 2 nitrogen and oxygen atoms in total. The highest BCUT2D eigenvalue weighted by atomic mass is 15.3. The van der Waals surface area contributed by atoms with Crippen LogP contribution in [0.2, 0.25) is 0 Å². The van der Waals surface area contributed by atoms with Gasteiger partial charge in [-0.1, -0.05) is 18.2 Å². The van der Waals surface area contributed by atoms with Gasteiger partial charge >= 0.3 is 0 Å². The fourth-order valence-electron chi connectivity index (χ4n) is 1.67. The van der Waals surface area contributed by atoms with Gasteiger partial charge in [-0.25, -0.2) is 0 Å². The van der Waals surface area contributed by atoms with Crippen molar-refractivity contribution in [3.05, 3.63) is 30.5 Å². The lowest BCUT2D eigenvalue weighted by molar-refractivity contribution is 0.568. The molecular formula is C11H12N2. The Bertz CT molecular complexity index is 393. The smallest absolute Gasteiger partial charge is 0.0923 e. The van der Waals surface area contributed by atoms with Gasteiger partial charge in [0.25, 0.3) is 0 Å². The molecule has 66 valence electrons. The van der Waals surface area contributed by atoms with Gasteiger partial charge in [0, 0.05) is 18.1 Å². The summed E-state index contributed by atoms with van der Waals surface area (Å²) in [5, 5.41) is 5.76. The lowest BCUT2D eigenvalue weighted by atomic mass is 10.3. The summed E-state index contributed by atoms with van der Waals surface area (Å²) in [6.45, 7) is 1.11. The van der Waals surface area contributed by atoms with Gasteiger partial charge in [0.05, 0.1) is 5.52 Å². The van der Waals surface area contributed by atoms with Crippen molar-refractivity contribution in [3.63, 3.8) is 0 Å². The van der Waals surface area contributed by atoms with Crippen molar-refractivity contribution in [1.82, 2.24) is 9.78 Å². The third-order valence-electron chi connectivity index (χ3n) is 2.60. The average molecular weight is 172 g/mol. The minimum atomic E-state index is 0.898. The van der Waals surface area contributed by atoms with Gasteiger partial charge in [0.2, 0.25) is 0 Å². The quantitative estimate of drug-likeness (QED) is 0.680. The molecule has 0 radical (unpaired) electrons. The van der Waals surface area contributed by atoms with E-state index in [1.807, 2.05) is 6.07 Å². The van der Waals surface area contributed by atoms with E-state index in [9.17, 15) is 0 Å². The molecule has 0 saturated heterocycles. The molecule has 1 aliphatic rings. The summed E-state index contributed by atoms with van der Waals surface area (Å²) in [5.41, 5.74) is 1.11. The van der Waals surface area contributed by atoms with Gasteiger partial charge in [-0.2, -0.15) is 5.10 Å². The van der Waals surface area contributed by atoms with E-state index >= 15 is 0 Å². The maximum atomic E-state index is 4.51. The molecule has 1 aliphatic carbocycles. The highest BCUT2D eigenvalue weighted by Gasteiger charge is 2.21. The summed E-state index contributed by atoms with van der Waals surface area (Å²) in [7, 11) is 0. The first-order chi connectivity index (χ1) is 6.42. The predicted molar refractivity (Wildman–Crippen MR) is 52.5 cm³/mol. The Morgan fingerprint density at radius 1 is 1.31 bits per heavy atom. The molecule has 1 aromatic carbocycles. The SMILES string of the molecule is c1ccc2nn(CC3CC3)cc2c1. The van der Waals surface area contributed by atoms with Crippen LogP contribution in [0.1, 0.15) is 12.8 Å². The zero-order valence-electron chi connectivity index (χ0n) is 7.48. The normalized spacial score (nSPS) is 16.6. The van der Waals surface area contributed by atoms with Crippen LogP contribution in [0.25, 0.3) is 10.9 Å². The van der Waals surface area contributed by atoms with Crippen LogP contribution in [0.4, 0.5) is 0 Å². The molecule has 1 saturated carbocycles. The molecule has 0 amide bonds. The highest BCUT2D eigenvalue weighted by Crippen LogP contribution is 2.30. The van der Waals surface area contributed by atoms with Crippen molar-refractivity contribution in [1.29, 1.82) is 0 Å². The Labute approximate surface area is 77.2 Å². The van der Waals surface area contributed by atoms with Crippen LogP contribution in [0.15, 0.2) is 30.5 Å². The summed E-state index contributed by atoms with van der Waals surface area (Å²) in [5.74, 6) is 0.898. The van der Waals surface area contributed by atoms with Crippen molar-refractivity contribution in [2.75, 3.05) is 0 Å². The molecule has 0 atom stereocenters. The van der Waals surface area contributed by atoms with Crippen molar-refractivity contribution >= 4 is 10.9 Å². The molecule has 0 spiro atoms. The number of nitrogens with zero attached hydrogens (tertiary/aromatic N) is 2. The minimum absolute atomic E-state index is 0.898. The van der Waals surface area contributed by atoms with Crippen LogP contribution in [-0.2, 0) is 6.54 Å². The third-order valence-corrected chi connectivity index (χ3v) is 2.60. The van der Waals surface area contributed by atoms with Gasteiger partial charge in [-0.3, -0.25) is 4.68 Å². The van der Waals surface area contributed by atoms with E-state index in [1.54, 1.807) is 0 Å². The van der Waals surface area contributed by atoms with E-state index in [1.165, 1.54) is 18.2 Å². The molecular weight excluding hydrogens is 160 g/mol. The predicted octanol–water partition coefficient (Wildman–Crippen LogP) is 2.45. The Balaban J connectivity index is 2.00. The van der Waals surface area contributed by atoms with E-state index in [0.29, 0.717) is 0 Å². The number of hydrogen-bond acceptors (Lipinski definition) is 1. The first kappa shape index (κ1) is 7.13. The van der Waals surface area contributed by atoms with Crippen molar-refractivity contribution in [3.8, 4) is 0 Å². The highest BCUT2D eigenvalue weighted by molar-refractivity contribution is 5.77. The van der Waals surface area contributed by atoms with E-state index in [0.717, 1.165) is 18.0 Å². The molecule has 0 unspecified atom stereocenters. The van der Waals surface area contributed by atoms with Gasteiger partial charge < -0.3 is 0 Å². The molecule has 1 fully saturated rings. The maximum absolute atomic E-state index is 4.51. The largest absolute Gasteiger partial charge is 0.271 e. The van der Waals surface area contributed by atoms with Crippen LogP contribution in [0.3, 0.4) is 0 Å². The minimum Gasteiger partial charge on any atom is -0.271 e. The van der Waals surface area contributed by atoms with Crippen LogP contribution in [0, 0.1) is 5.92 Å². The van der Waals surface area contributed by atoms with Gasteiger partial charge in [0.1, 0.15) is 0 Å². The van der Waals surface area contributed by atoms with Gasteiger partial charge in [-0.05, 0) is 24.8 Å². The molecule has 13 heavy (non-hydrogen) atoms. The number of hydrogen-bond donors (Lipinski definition) is 0. The molecule has 0 aliphatic heterocycles. The third kappa shape index (κ3) is 1.32. The van der Waals surface area contributed by atoms with Crippen LogP contribution < -0.4 is 0 Å². The fraction of sp³-hybridized carbons (Fsp3) is 0.364. The van der Waals surface area contributed by atoms with Crippen LogP contribution >= 0.6 is 0 Å². The summed E-state index contributed by atoms with van der Waals surface area (Å²) >= 11 is 0. The second kappa shape index (κ2) is 2.59. The fourth-order valence-corrected chi connectivity index (χ4v) is 1.67. The summed E-state index contributed by atoms with van der Waals surface area (Å²) in [4.78, 5) is 0. The standard InChI is InChI=1S/C11H12N2/c1-2-4-11-10(3-1)8-13(12-11)7-9-5-6-9/h1-4,8-9H,5-7H2. The van der Waals surface area contributed by atoms with Crippen molar-refractivity contribution in [2.24, 2.45) is 5.92 Å². The summed E-state index contributed by atoms with van der Waals surface area (Å²) < 4.78 is 2.09. The van der Waals surface area contributed by atoms with E-state index in [2.05, 4.69) is 34.2 Å². The first-order valence-electron chi connectivity index (χ1n) is 4.84. The van der Waals surface area contributed by atoms with E-state index < -0.39 is 0 Å². The summed E-state index contributed by atoms with van der Waals surface area (Å²) in [6, 6.07) is 8.28. The van der Waals surface area contributed by atoms with Crippen LogP contribution in [0.5, 0.6) is 0 Å². The van der Waals surface area contributed by atoms with Crippen LogP contribution in [-0.4, -0.2) is 9.78 Å². The van der Waals surface area contributed by atoms with E-state index in [-0.39, 0.29) is 0 Å². The zero-order valence-corrected chi connectivity index (χ0v) is 7.48. The molecule has 3 rings (SSSR count). The number of rotatable bonds is 2. The Morgan fingerprint density at radius 2 is 2.15 bits per heavy atom. The topological polar surface area (TPSA) is 17.8 Å². The van der Waals surface area contributed by atoms with E-state index in [4.69, 9.17) is 0 Å². The molecule has 1 aromatic heterocycles. The average Bonchev–Trinajstić information content (AvgIpc) is 2.85. The van der Waals surface area contributed by atoms with Gasteiger partial charge in [0.15, 0.2) is 0 Å². The lowest BCUT2D eigenvalue weighted by Crippen LogP contribution is -1.99. The number of aromatic nitrogens is 2. The Morgan fingerprint density at radius 3 is 2.92 bits per heavy atom. The summed E-state index contributed by atoms with van der Waals surface area (Å²) in [6.07, 6.45) is 4.92. The Hall–Kier alpha value is -1.31. The second-order valence-corrected chi connectivity index (χ2v) is 3.85. The first-order valence-corrected chi connectivity index (χ1v) is 4.84. The monoisotopic (exact) mass is 172 g/mol. The molecule has 2 heteroatoms. The number of fused-ring (bicyclic) bond motifs is 1. The second-order valence-electron chi connectivity index (χ2n) is 3.85. The molecule has 1 heterocycles. The van der Waals surface area contributed by atoms with Crippen molar-refractivity contribution < 1.29 is 0 Å².